The molecule has 0 unspecified atom stereocenters. The molecule has 0 saturated carbocycles. The van der Waals surface area contributed by atoms with Gasteiger partial charge in [0.2, 0.25) is 15.9 Å². The molecule has 0 fully saturated rings. The van der Waals surface area contributed by atoms with Gasteiger partial charge >= 0.3 is 5.97 Å². The average Bonchev–Trinajstić information content (AvgIpc) is 2.67. The molecule has 0 radical (unpaired) electrons. The van der Waals surface area contributed by atoms with E-state index >= 15 is 0 Å². The molecule has 2 aromatic carbocycles. The Labute approximate surface area is 180 Å². The van der Waals surface area contributed by atoms with Crippen LogP contribution >= 0.6 is 0 Å². The number of rotatable bonds is 8. The molecule has 0 aliphatic heterocycles. The number of nitro groups is 1. The Kier molecular flexibility index (Phi) is 7.34. The van der Waals surface area contributed by atoms with E-state index < -0.39 is 33.4 Å². The molecule has 0 aliphatic rings. The van der Waals surface area contributed by atoms with Gasteiger partial charge in [-0.1, -0.05) is 12.1 Å². The van der Waals surface area contributed by atoms with Crippen LogP contribution in [0.3, 0.4) is 0 Å². The van der Waals surface area contributed by atoms with Crippen LogP contribution in [0.25, 0.3) is 0 Å². The highest BCUT2D eigenvalue weighted by atomic mass is 32.2. The zero-order valence-corrected chi connectivity index (χ0v) is 18.4. The van der Waals surface area contributed by atoms with Gasteiger partial charge in [0.15, 0.2) is 0 Å². The molecule has 10 nitrogen and oxygen atoms in total. The third-order valence-electron chi connectivity index (χ3n) is 4.46. The summed E-state index contributed by atoms with van der Waals surface area (Å²) in [6.45, 7) is 4.47. The number of nitrogens with one attached hydrogen (secondary N) is 1. The third kappa shape index (κ3) is 5.79. The first kappa shape index (κ1) is 23.8. The third-order valence-corrected chi connectivity index (χ3v) is 5.59. The fraction of sp³-hybridized carbons (Fsp3) is 0.300. The molecule has 166 valence electrons. The van der Waals surface area contributed by atoms with E-state index in [1.54, 1.807) is 39.0 Å². The predicted molar refractivity (Wildman–Crippen MR) is 116 cm³/mol. The molecule has 2 rings (SSSR count). The first-order valence-corrected chi connectivity index (χ1v) is 11.1. The van der Waals surface area contributed by atoms with Crippen molar-refractivity contribution in [2.75, 3.05) is 29.0 Å². The van der Waals surface area contributed by atoms with Crippen molar-refractivity contribution in [2.45, 2.75) is 20.8 Å². The van der Waals surface area contributed by atoms with E-state index in [2.05, 4.69) is 5.32 Å². The quantitative estimate of drug-likeness (QED) is 0.372. The summed E-state index contributed by atoms with van der Waals surface area (Å²) in [4.78, 5) is 35.2. The number of carbonyl (C=O) groups is 2. The highest BCUT2D eigenvalue weighted by molar-refractivity contribution is 7.92. The van der Waals surface area contributed by atoms with Crippen molar-refractivity contribution in [2.24, 2.45) is 0 Å². The van der Waals surface area contributed by atoms with Crippen molar-refractivity contribution in [3.8, 4) is 0 Å². The van der Waals surface area contributed by atoms with Gasteiger partial charge in [0.05, 0.1) is 29.0 Å². The van der Waals surface area contributed by atoms with Gasteiger partial charge in [-0.05, 0) is 44.0 Å². The van der Waals surface area contributed by atoms with Crippen LogP contribution in [0.5, 0.6) is 0 Å². The first-order valence-electron chi connectivity index (χ1n) is 9.25. The van der Waals surface area contributed by atoms with Crippen LogP contribution in [-0.4, -0.2) is 44.6 Å². The standard InChI is InChI=1S/C20H23N3O7S/c1-5-30-20(25)16-7-6-8-17(14(16)3)21-19(24)12-22(31(4,28)29)18-11-15(23(26)27)10-9-13(18)2/h6-11H,5,12H2,1-4H3,(H,21,24). The smallest absolute Gasteiger partial charge is 0.338 e. The maximum Gasteiger partial charge on any atom is 0.338 e. The zero-order chi connectivity index (χ0) is 23.3. The van der Waals surface area contributed by atoms with Gasteiger partial charge < -0.3 is 10.1 Å². The summed E-state index contributed by atoms with van der Waals surface area (Å²) < 4.78 is 30.5. The summed E-state index contributed by atoms with van der Waals surface area (Å²) in [5.41, 5.74) is 1.24. The minimum atomic E-state index is -3.93. The number of non-ortho nitro benzene ring substituents is 1. The van der Waals surface area contributed by atoms with E-state index in [0.29, 0.717) is 16.8 Å². The lowest BCUT2D eigenvalue weighted by Crippen LogP contribution is -2.38. The number of nitrogens with zero attached hydrogens (tertiary/aromatic N) is 2. The molecular formula is C20H23N3O7S. The number of ether oxygens (including phenoxy) is 1. The molecule has 0 spiro atoms. The van der Waals surface area contributed by atoms with Crippen molar-refractivity contribution in [1.29, 1.82) is 0 Å². The second-order valence-electron chi connectivity index (χ2n) is 6.74. The largest absolute Gasteiger partial charge is 0.462 e. The number of hydrogen-bond acceptors (Lipinski definition) is 7. The lowest BCUT2D eigenvalue weighted by molar-refractivity contribution is -0.384. The van der Waals surface area contributed by atoms with Gasteiger partial charge in [0.1, 0.15) is 6.54 Å². The van der Waals surface area contributed by atoms with Crippen LogP contribution in [0.4, 0.5) is 17.1 Å². The van der Waals surface area contributed by atoms with E-state index in [1.807, 2.05) is 0 Å². The zero-order valence-electron chi connectivity index (χ0n) is 17.5. The number of hydrogen-bond donors (Lipinski definition) is 1. The maximum atomic E-state index is 12.7. The molecule has 0 aliphatic carbocycles. The molecule has 11 heteroatoms. The summed E-state index contributed by atoms with van der Waals surface area (Å²) in [6.07, 6.45) is 0.908. The molecule has 1 amide bonds. The van der Waals surface area contributed by atoms with E-state index in [0.717, 1.165) is 16.6 Å². The summed E-state index contributed by atoms with van der Waals surface area (Å²) in [5, 5.41) is 13.7. The van der Waals surface area contributed by atoms with E-state index in [9.17, 15) is 28.1 Å². The van der Waals surface area contributed by atoms with Crippen LogP contribution in [0, 0.1) is 24.0 Å². The number of aryl methyl sites for hydroxylation is 1. The average molecular weight is 449 g/mol. The number of amides is 1. The van der Waals surface area contributed by atoms with Crippen LogP contribution in [0.15, 0.2) is 36.4 Å². The van der Waals surface area contributed by atoms with Gasteiger partial charge in [-0.2, -0.15) is 0 Å². The number of benzene rings is 2. The Hall–Kier alpha value is -3.47. The fourth-order valence-electron chi connectivity index (χ4n) is 2.88. The van der Waals surface area contributed by atoms with Crippen LogP contribution in [0.2, 0.25) is 0 Å². The van der Waals surface area contributed by atoms with Gasteiger partial charge in [0.25, 0.3) is 5.69 Å². The van der Waals surface area contributed by atoms with Gasteiger partial charge in [-0.25, -0.2) is 13.2 Å². The Morgan fingerprint density at radius 3 is 2.45 bits per heavy atom. The molecule has 0 atom stereocenters. The summed E-state index contributed by atoms with van der Waals surface area (Å²) >= 11 is 0. The van der Waals surface area contributed by atoms with Gasteiger partial charge in [-0.15, -0.1) is 0 Å². The Morgan fingerprint density at radius 2 is 1.87 bits per heavy atom. The van der Waals surface area contributed by atoms with E-state index in [-0.39, 0.29) is 23.5 Å². The normalized spacial score (nSPS) is 11.0. The van der Waals surface area contributed by atoms with Crippen molar-refractivity contribution in [3.63, 3.8) is 0 Å². The maximum absolute atomic E-state index is 12.7. The van der Waals surface area contributed by atoms with Crippen molar-refractivity contribution in [3.05, 3.63) is 63.2 Å². The minimum Gasteiger partial charge on any atom is -0.462 e. The van der Waals surface area contributed by atoms with Gasteiger partial charge in [-0.3, -0.25) is 19.2 Å². The Morgan fingerprint density at radius 1 is 1.19 bits per heavy atom. The molecule has 0 heterocycles. The topological polar surface area (TPSA) is 136 Å². The van der Waals surface area contributed by atoms with Crippen molar-refractivity contribution < 1.29 is 27.7 Å². The van der Waals surface area contributed by atoms with Gasteiger partial charge in [0, 0.05) is 17.8 Å². The van der Waals surface area contributed by atoms with E-state index in [1.165, 1.54) is 12.1 Å². The number of sulfonamides is 1. The molecule has 31 heavy (non-hydrogen) atoms. The second-order valence-corrected chi connectivity index (χ2v) is 8.65. The highest BCUT2D eigenvalue weighted by Gasteiger charge is 2.25. The number of carbonyl (C=O) groups excluding carboxylic acids is 2. The molecule has 0 saturated heterocycles. The molecule has 0 aromatic heterocycles. The summed E-state index contributed by atoms with van der Waals surface area (Å²) in [5.74, 6) is -1.22. The lowest BCUT2D eigenvalue weighted by atomic mass is 10.1. The minimum absolute atomic E-state index is 0.0313. The van der Waals surface area contributed by atoms with Crippen molar-refractivity contribution >= 4 is 39.0 Å². The summed E-state index contributed by atoms with van der Waals surface area (Å²) in [7, 11) is -3.93. The van der Waals surface area contributed by atoms with Crippen LogP contribution in [-0.2, 0) is 19.6 Å². The molecule has 0 bridgehead atoms. The predicted octanol–water partition coefficient (Wildman–Crippen LogP) is 2.79. The number of nitro benzene ring substituents is 1. The number of esters is 1. The lowest BCUT2D eigenvalue weighted by Gasteiger charge is -2.23. The monoisotopic (exact) mass is 449 g/mol. The molecule has 1 N–H and O–H groups in total. The van der Waals surface area contributed by atoms with E-state index in [4.69, 9.17) is 4.74 Å². The van der Waals surface area contributed by atoms with Crippen LogP contribution < -0.4 is 9.62 Å². The SMILES string of the molecule is CCOC(=O)c1cccc(NC(=O)CN(c2cc([N+](=O)[O-])ccc2C)S(C)(=O)=O)c1C. The fourth-order valence-corrected chi connectivity index (χ4v) is 3.79. The second kappa shape index (κ2) is 9.56. The Balaban J connectivity index is 2.34. The molecular weight excluding hydrogens is 426 g/mol. The highest BCUT2D eigenvalue weighted by Crippen LogP contribution is 2.28. The van der Waals surface area contributed by atoms with Crippen molar-refractivity contribution in [1.82, 2.24) is 0 Å². The number of anilines is 2. The summed E-state index contributed by atoms with van der Waals surface area (Å²) in [6, 6.07) is 8.46. The first-order chi connectivity index (χ1) is 14.5. The molecule has 2 aromatic rings. The Bertz CT molecular complexity index is 1130. The van der Waals surface area contributed by atoms with Crippen LogP contribution in [0.1, 0.15) is 28.4 Å².